The van der Waals surface area contributed by atoms with Crippen LogP contribution in [0.5, 0.6) is 0 Å². The van der Waals surface area contributed by atoms with Crippen molar-refractivity contribution in [2.24, 2.45) is 5.73 Å². The molecule has 1 atom stereocenters. The summed E-state index contributed by atoms with van der Waals surface area (Å²) in [5.41, 5.74) is 19.1. The summed E-state index contributed by atoms with van der Waals surface area (Å²) in [6.45, 7) is 0. The fourth-order valence-corrected chi connectivity index (χ4v) is 2.68. The summed E-state index contributed by atoms with van der Waals surface area (Å²) in [5, 5.41) is 10.4. The number of benzene rings is 1. The Bertz CT molecular complexity index is 379. The number of anilines is 2. The van der Waals surface area contributed by atoms with Crippen LogP contribution in [0.3, 0.4) is 0 Å². The van der Waals surface area contributed by atoms with Gasteiger partial charge in [-0.05, 0) is 36.6 Å². The Morgan fingerprint density at radius 2 is 1.53 bits per heavy atom. The van der Waals surface area contributed by atoms with E-state index in [-0.39, 0.29) is 0 Å². The Balaban J connectivity index is 2.26. The molecule has 1 fully saturated rings. The third-order valence-corrected chi connectivity index (χ3v) is 3.64. The molecule has 4 nitrogen and oxygen atoms in total. The van der Waals surface area contributed by atoms with E-state index >= 15 is 0 Å². The van der Waals surface area contributed by atoms with E-state index in [1.807, 2.05) is 0 Å². The molecule has 94 valence electrons. The van der Waals surface area contributed by atoms with Crippen molar-refractivity contribution < 1.29 is 5.11 Å². The summed E-state index contributed by atoms with van der Waals surface area (Å²) < 4.78 is 0. The average molecular weight is 235 g/mol. The topological polar surface area (TPSA) is 98.3 Å². The number of aliphatic hydroxyl groups is 1. The van der Waals surface area contributed by atoms with Gasteiger partial charge in [0, 0.05) is 16.9 Å². The molecule has 4 heteroatoms. The van der Waals surface area contributed by atoms with Crippen molar-refractivity contribution in [1.82, 2.24) is 0 Å². The third-order valence-electron chi connectivity index (χ3n) is 3.64. The first-order chi connectivity index (χ1) is 8.01. The highest BCUT2D eigenvalue weighted by molar-refractivity contribution is 5.55. The highest BCUT2D eigenvalue weighted by Gasteiger charge is 2.36. The lowest BCUT2D eigenvalue weighted by Crippen LogP contribution is -2.47. The molecule has 0 radical (unpaired) electrons. The Kier molecular flexibility index (Phi) is 3.26. The van der Waals surface area contributed by atoms with E-state index in [1.54, 1.807) is 18.2 Å². The van der Waals surface area contributed by atoms with Crippen molar-refractivity contribution in [3.05, 3.63) is 23.8 Å². The number of nitrogen functional groups attached to an aromatic ring is 2. The van der Waals surface area contributed by atoms with Gasteiger partial charge in [0.05, 0.1) is 6.10 Å². The van der Waals surface area contributed by atoms with E-state index in [1.165, 1.54) is 6.42 Å². The molecule has 0 heterocycles. The Morgan fingerprint density at radius 1 is 1.00 bits per heavy atom. The molecule has 1 aliphatic rings. The van der Waals surface area contributed by atoms with Crippen molar-refractivity contribution in [2.45, 2.75) is 43.7 Å². The minimum absolute atomic E-state index is 0.529. The molecular weight excluding hydrogens is 214 g/mol. The minimum Gasteiger partial charge on any atom is -0.399 e. The van der Waals surface area contributed by atoms with E-state index in [0.29, 0.717) is 11.4 Å². The molecule has 0 saturated heterocycles. The average Bonchev–Trinajstić information content (AvgIpc) is 2.27. The van der Waals surface area contributed by atoms with Crippen molar-refractivity contribution in [2.75, 3.05) is 11.5 Å². The number of hydrogen-bond acceptors (Lipinski definition) is 4. The molecule has 1 aliphatic carbocycles. The SMILES string of the molecule is Nc1cc(N)cc(C(O)C2(N)CCCCC2)c1. The van der Waals surface area contributed by atoms with E-state index in [9.17, 15) is 5.11 Å². The zero-order valence-corrected chi connectivity index (χ0v) is 10.0. The maximum absolute atomic E-state index is 10.4. The molecule has 0 aliphatic heterocycles. The monoisotopic (exact) mass is 235 g/mol. The van der Waals surface area contributed by atoms with E-state index in [0.717, 1.165) is 31.2 Å². The highest BCUT2D eigenvalue weighted by Crippen LogP contribution is 2.37. The number of hydrogen-bond donors (Lipinski definition) is 4. The fourth-order valence-electron chi connectivity index (χ4n) is 2.68. The van der Waals surface area contributed by atoms with Crippen LogP contribution >= 0.6 is 0 Å². The Hall–Kier alpha value is -1.26. The van der Waals surface area contributed by atoms with Crippen LogP contribution in [0.1, 0.15) is 43.8 Å². The van der Waals surface area contributed by atoms with Crippen LogP contribution in [0.25, 0.3) is 0 Å². The quantitative estimate of drug-likeness (QED) is 0.584. The van der Waals surface area contributed by atoms with Gasteiger partial charge in [0.1, 0.15) is 0 Å². The predicted octanol–water partition coefficient (Wildman–Crippen LogP) is 1.55. The van der Waals surface area contributed by atoms with E-state index < -0.39 is 11.6 Å². The molecule has 0 amide bonds. The summed E-state index contributed by atoms with van der Waals surface area (Å²) in [6.07, 6.45) is 4.36. The Labute approximate surface area is 102 Å². The largest absolute Gasteiger partial charge is 0.399 e. The van der Waals surface area contributed by atoms with Gasteiger partial charge >= 0.3 is 0 Å². The first-order valence-electron chi connectivity index (χ1n) is 6.14. The van der Waals surface area contributed by atoms with Crippen LogP contribution in [0.2, 0.25) is 0 Å². The molecule has 0 bridgehead atoms. The van der Waals surface area contributed by atoms with Gasteiger partial charge in [-0.15, -0.1) is 0 Å². The predicted molar refractivity (Wildman–Crippen MR) is 70.2 cm³/mol. The van der Waals surface area contributed by atoms with Crippen molar-refractivity contribution >= 4 is 11.4 Å². The standard InChI is InChI=1S/C13H21N3O/c14-10-6-9(7-11(15)8-10)12(17)13(16)4-2-1-3-5-13/h6-8,12,17H,1-5,14-16H2. The molecular formula is C13H21N3O. The molecule has 1 aromatic carbocycles. The zero-order valence-electron chi connectivity index (χ0n) is 10.0. The van der Waals surface area contributed by atoms with Gasteiger partial charge < -0.3 is 22.3 Å². The van der Waals surface area contributed by atoms with Crippen LogP contribution in [-0.2, 0) is 0 Å². The number of aliphatic hydroxyl groups excluding tert-OH is 1. The summed E-state index contributed by atoms with van der Waals surface area (Å²) in [5.74, 6) is 0. The second-order valence-corrected chi connectivity index (χ2v) is 5.13. The highest BCUT2D eigenvalue weighted by atomic mass is 16.3. The van der Waals surface area contributed by atoms with Crippen LogP contribution in [0, 0.1) is 0 Å². The molecule has 1 saturated carbocycles. The Morgan fingerprint density at radius 3 is 2.06 bits per heavy atom. The molecule has 0 aromatic heterocycles. The normalized spacial score (nSPS) is 21.1. The summed E-state index contributed by atoms with van der Waals surface area (Å²) >= 11 is 0. The van der Waals surface area contributed by atoms with Crippen LogP contribution in [-0.4, -0.2) is 10.6 Å². The lowest BCUT2D eigenvalue weighted by Gasteiger charge is -2.38. The van der Waals surface area contributed by atoms with Gasteiger partial charge in [-0.2, -0.15) is 0 Å². The fraction of sp³-hybridized carbons (Fsp3) is 0.538. The number of nitrogens with two attached hydrogens (primary N) is 3. The summed E-state index contributed by atoms with van der Waals surface area (Å²) in [6, 6.07) is 5.19. The maximum atomic E-state index is 10.4. The second kappa shape index (κ2) is 4.55. The summed E-state index contributed by atoms with van der Waals surface area (Å²) in [7, 11) is 0. The van der Waals surface area contributed by atoms with Crippen LogP contribution < -0.4 is 17.2 Å². The van der Waals surface area contributed by atoms with Crippen molar-refractivity contribution in [3.63, 3.8) is 0 Å². The lowest BCUT2D eigenvalue weighted by molar-refractivity contribution is 0.0588. The molecule has 2 rings (SSSR count). The van der Waals surface area contributed by atoms with E-state index in [2.05, 4.69) is 0 Å². The smallest absolute Gasteiger partial charge is 0.0970 e. The van der Waals surface area contributed by atoms with E-state index in [4.69, 9.17) is 17.2 Å². The van der Waals surface area contributed by atoms with Gasteiger partial charge in [0.2, 0.25) is 0 Å². The second-order valence-electron chi connectivity index (χ2n) is 5.13. The molecule has 17 heavy (non-hydrogen) atoms. The van der Waals surface area contributed by atoms with Gasteiger partial charge in [0.25, 0.3) is 0 Å². The number of rotatable bonds is 2. The molecule has 0 spiro atoms. The first kappa shape index (κ1) is 12.2. The first-order valence-corrected chi connectivity index (χ1v) is 6.14. The molecule has 1 unspecified atom stereocenters. The van der Waals surface area contributed by atoms with Gasteiger partial charge in [-0.25, -0.2) is 0 Å². The molecule has 1 aromatic rings. The van der Waals surface area contributed by atoms with Crippen LogP contribution in [0.4, 0.5) is 11.4 Å². The lowest BCUT2D eigenvalue weighted by atomic mass is 9.76. The third kappa shape index (κ3) is 2.53. The van der Waals surface area contributed by atoms with Gasteiger partial charge in [-0.3, -0.25) is 0 Å². The minimum atomic E-state index is -0.686. The van der Waals surface area contributed by atoms with Crippen LogP contribution in [0.15, 0.2) is 18.2 Å². The van der Waals surface area contributed by atoms with Crippen molar-refractivity contribution in [3.8, 4) is 0 Å². The maximum Gasteiger partial charge on any atom is 0.0970 e. The van der Waals surface area contributed by atoms with Gasteiger partial charge in [0.15, 0.2) is 0 Å². The zero-order chi connectivity index (χ0) is 12.5. The summed E-state index contributed by atoms with van der Waals surface area (Å²) in [4.78, 5) is 0. The molecule has 7 N–H and O–H groups in total. The van der Waals surface area contributed by atoms with Crippen molar-refractivity contribution in [1.29, 1.82) is 0 Å². The van der Waals surface area contributed by atoms with Gasteiger partial charge in [-0.1, -0.05) is 19.3 Å².